The molecule has 1 fully saturated rings. The third-order valence-electron chi connectivity index (χ3n) is 4.81. The van der Waals surface area contributed by atoms with Gasteiger partial charge in [0.05, 0.1) is 5.69 Å². The van der Waals surface area contributed by atoms with Gasteiger partial charge in [-0.15, -0.1) is 10.2 Å². The second kappa shape index (κ2) is 6.64. The van der Waals surface area contributed by atoms with E-state index in [2.05, 4.69) is 27.6 Å². The van der Waals surface area contributed by atoms with Crippen LogP contribution in [0.1, 0.15) is 31.2 Å². The molecule has 6 nitrogen and oxygen atoms in total. The fraction of sp³-hybridized carbons (Fsp3) is 0.316. The van der Waals surface area contributed by atoms with Crippen LogP contribution in [0.5, 0.6) is 0 Å². The molecule has 0 aliphatic carbocycles. The van der Waals surface area contributed by atoms with Crippen molar-refractivity contribution in [1.82, 2.24) is 19.9 Å². The Kier molecular flexibility index (Phi) is 4.19. The monoisotopic (exact) mass is 335 g/mol. The van der Waals surface area contributed by atoms with E-state index in [1.807, 2.05) is 34.9 Å². The Morgan fingerprint density at radius 1 is 1.12 bits per heavy atom. The number of rotatable bonds is 3. The van der Waals surface area contributed by atoms with Crippen LogP contribution in [0.25, 0.3) is 5.65 Å². The minimum atomic E-state index is -0.0259. The average molecular weight is 335 g/mol. The summed E-state index contributed by atoms with van der Waals surface area (Å²) in [5, 5.41) is 11.3. The lowest BCUT2D eigenvalue weighted by atomic mass is 9.90. The van der Waals surface area contributed by atoms with E-state index in [1.165, 1.54) is 18.4 Å². The SMILES string of the molecule is CC(=O)N(c1ccc(C2CCNCC2)cc1)c1ccc2nncn2c1. The maximum Gasteiger partial charge on any atom is 0.228 e. The number of fused-ring (bicyclic) bond motifs is 1. The van der Waals surface area contributed by atoms with Crippen molar-refractivity contribution < 1.29 is 4.79 Å². The van der Waals surface area contributed by atoms with Crippen LogP contribution in [0.2, 0.25) is 0 Å². The predicted octanol–water partition coefficient (Wildman–Crippen LogP) is 2.88. The summed E-state index contributed by atoms with van der Waals surface area (Å²) in [6, 6.07) is 12.1. The summed E-state index contributed by atoms with van der Waals surface area (Å²) in [6.45, 7) is 3.73. The normalized spacial score (nSPS) is 15.4. The van der Waals surface area contributed by atoms with Crippen molar-refractivity contribution in [2.24, 2.45) is 0 Å². The van der Waals surface area contributed by atoms with Crippen molar-refractivity contribution in [3.8, 4) is 0 Å². The summed E-state index contributed by atoms with van der Waals surface area (Å²) in [4.78, 5) is 14.0. The number of anilines is 2. The number of nitrogens with one attached hydrogen (secondary N) is 1. The Morgan fingerprint density at radius 3 is 2.56 bits per heavy atom. The third kappa shape index (κ3) is 3.13. The number of amides is 1. The average Bonchev–Trinajstić information content (AvgIpc) is 3.11. The molecule has 0 unspecified atom stereocenters. The fourth-order valence-corrected chi connectivity index (χ4v) is 3.51. The van der Waals surface area contributed by atoms with Crippen LogP contribution in [0.3, 0.4) is 0 Å². The Labute approximate surface area is 146 Å². The lowest BCUT2D eigenvalue weighted by Crippen LogP contribution is -2.26. The van der Waals surface area contributed by atoms with Crippen molar-refractivity contribution in [1.29, 1.82) is 0 Å². The van der Waals surface area contributed by atoms with Gasteiger partial charge in [0.15, 0.2) is 5.65 Å². The number of aromatic nitrogens is 3. The van der Waals surface area contributed by atoms with Crippen molar-refractivity contribution in [3.63, 3.8) is 0 Å². The second-order valence-electron chi connectivity index (χ2n) is 6.45. The molecule has 3 heterocycles. The number of hydrogen-bond acceptors (Lipinski definition) is 4. The van der Waals surface area contributed by atoms with E-state index in [9.17, 15) is 4.79 Å². The Hall–Kier alpha value is -2.73. The number of carbonyl (C=O) groups is 1. The second-order valence-corrected chi connectivity index (χ2v) is 6.45. The molecule has 1 aliphatic heterocycles. The van der Waals surface area contributed by atoms with E-state index in [0.29, 0.717) is 5.92 Å². The first-order chi connectivity index (χ1) is 12.2. The molecule has 128 valence electrons. The van der Waals surface area contributed by atoms with Crippen molar-refractivity contribution in [2.45, 2.75) is 25.7 Å². The van der Waals surface area contributed by atoms with Gasteiger partial charge in [0.25, 0.3) is 0 Å². The maximum absolute atomic E-state index is 12.3. The van der Waals surface area contributed by atoms with Crippen molar-refractivity contribution in [3.05, 3.63) is 54.5 Å². The van der Waals surface area contributed by atoms with Crippen LogP contribution < -0.4 is 10.2 Å². The van der Waals surface area contributed by atoms with Crippen LogP contribution in [0, 0.1) is 0 Å². The summed E-state index contributed by atoms with van der Waals surface area (Å²) >= 11 is 0. The lowest BCUT2D eigenvalue weighted by molar-refractivity contribution is -0.115. The molecule has 0 spiro atoms. The molecule has 0 radical (unpaired) electrons. The summed E-state index contributed by atoms with van der Waals surface area (Å²) in [5.74, 6) is 0.580. The van der Waals surface area contributed by atoms with Gasteiger partial charge in [0.1, 0.15) is 6.33 Å². The van der Waals surface area contributed by atoms with E-state index < -0.39 is 0 Å². The van der Waals surface area contributed by atoms with Gasteiger partial charge in [0.2, 0.25) is 5.91 Å². The number of carbonyl (C=O) groups excluding carboxylic acids is 1. The van der Waals surface area contributed by atoms with E-state index in [-0.39, 0.29) is 5.91 Å². The molecule has 25 heavy (non-hydrogen) atoms. The zero-order valence-electron chi connectivity index (χ0n) is 14.2. The van der Waals surface area contributed by atoms with Gasteiger partial charge in [-0.1, -0.05) is 12.1 Å². The zero-order valence-corrected chi connectivity index (χ0v) is 14.2. The first-order valence-corrected chi connectivity index (χ1v) is 8.63. The molecule has 1 aromatic carbocycles. The Bertz CT molecular complexity index is 880. The minimum Gasteiger partial charge on any atom is -0.317 e. The predicted molar refractivity (Wildman–Crippen MR) is 97.1 cm³/mol. The summed E-state index contributed by atoms with van der Waals surface area (Å²) in [6.07, 6.45) is 5.84. The number of nitrogens with zero attached hydrogens (tertiary/aromatic N) is 4. The molecule has 0 saturated carbocycles. The molecule has 1 aliphatic rings. The maximum atomic E-state index is 12.3. The van der Waals surface area contributed by atoms with Crippen molar-refractivity contribution in [2.75, 3.05) is 18.0 Å². The molecule has 0 bridgehead atoms. The highest BCUT2D eigenvalue weighted by molar-refractivity contribution is 5.99. The standard InChI is InChI=1S/C19H21N5O/c1-14(25)24(18-6-7-19-22-21-13-23(19)12-18)17-4-2-15(3-5-17)16-8-10-20-11-9-16/h2-7,12-13,16,20H,8-11H2,1H3. The third-order valence-corrected chi connectivity index (χ3v) is 4.81. The molecule has 1 saturated heterocycles. The number of benzene rings is 1. The molecule has 3 aromatic rings. The smallest absolute Gasteiger partial charge is 0.228 e. The molecule has 1 amide bonds. The van der Waals surface area contributed by atoms with E-state index >= 15 is 0 Å². The van der Waals surface area contributed by atoms with Gasteiger partial charge in [-0.2, -0.15) is 0 Å². The molecule has 0 atom stereocenters. The highest BCUT2D eigenvalue weighted by atomic mass is 16.2. The number of pyridine rings is 1. The van der Waals surface area contributed by atoms with E-state index in [1.54, 1.807) is 18.2 Å². The van der Waals surface area contributed by atoms with Gasteiger partial charge >= 0.3 is 0 Å². The summed E-state index contributed by atoms with van der Waals surface area (Å²) in [5.41, 5.74) is 3.78. The molecular weight excluding hydrogens is 314 g/mol. The van der Waals surface area contributed by atoms with Gasteiger partial charge in [-0.3, -0.25) is 14.1 Å². The number of piperidine rings is 1. The Morgan fingerprint density at radius 2 is 1.84 bits per heavy atom. The van der Waals surface area contributed by atoms with Crippen LogP contribution in [-0.4, -0.2) is 33.6 Å². The first kappa shape index (κ1) is 15.8. The minimum absolute atomic E-state index is 0.0259. The van der Waals surface area contributed by atoms with E-state index in [4.69, 9.17) is 0 Å². The largest absolute Gasteiger partial charge is 0.317 e. The zero-order chi connectivity index (χ0) is 17.2. The highest BCUT2D eigenvalue weighted by Gasteiger charge is 2.18. The number of hydrogen-bond donors (Lipinski definition) is 1. The lowest BCUT2D eigenvalue weighted by Gasteiger charge is -2.25. The van der Waals surface area contributed by atoms with Gasteiger partial charge in [-0.25, -0.2) is 0 Å². The molecule has 2 aromatic heterocycles. The molecular formula is C19H21N5O. The molecule has 4 rings (SSSR count). The van der Waals surface area contributed by atoms with Crippen LogP contribution in [0.4, 0.5) is 11.4 Å². The summed E-state index contributed by atoms with van der Waals surface area (Å²) in [7, 11) is 0. The fourth-order valence-electron chi connectivity index (χ4n) is 3.51. The van der Waals surface area contributed by atoms with E-state index in [0.717, 1.165) is 30.1 Å². The summed E-state index contributed by atoms with van der Waals surface area (Å²) < 4.78 is 1.81. The Balaban J connectivity index is 1.65. The van der Waals surface area contributed by atoms with Crippen molar-refractivity contribution >= 4 is 22.9 Å². The molecule has 6 heteroatoms. The van der Waals surface area contributed by atoms with Crippen LogP contribution in [-0.2, 0) is 4.79 Å². The molecule has 1 N–H and O–H groups in total. The van der Waals surface area contributed by atoms with Gasteiger partial charge < -0.3 is 5.32 Å². The quantitative estimate of drug-likeness (QED) is 0.799. The van der Waals surface area contributed by atoms with Gasteiger partial charge in [-0.05, 0) is 61.7 Å². The highest BCUT2D eigenvalue weighted by Crippen LogP contribution is 2.30. The first-order valence-electron chi connectivity index (χ1n) is 8.63. The topological polar surface area (TPSA) is 62.5 Å². The van der Waals surface area contributed by atoms with Gasteiger partial charge in [0, 0.05) is 18.8 Å². The van der Waals surface area contributed by atoms with Crippen LogP contribution in [0.15, 0.2) is 48.9 Å². The van der Waals surface area contributed by atoms with Crippen LogP contribution >= 0.6 is 0 Å².